The molecule has 1 heterocycles. The van der Waals surface area contributed by atoms with E-state index < -0.39 is 11.7 Å². The quantitative estimate of drug-likeness (QED) is 0.783. The highest BCUT2D eigenvalue weighted by atomic mass is 35.5. The zero-order valence-corrected chi connectivity index (χ0v) is 17.4. The van der Waals surface area contributed by atoms with Crippen LogP contribution in [0.1, 0.15) is 37.9 Å². The maximum Gasteiger partial charge on any atom is 0.131 e. The number of aliphatic hydroxyl groups is 1. The molecule has 27 heavy (non-hydrogen) atoms. The molecule has 0 aliphatic carbocycles. The van der Waals surface area contributed by atoms with Crippen molar-refractivity contribution in [2.75, 3.05) is 25.0 Å². The third kappa shape index (κ3) is 4.75. The molecule has 0 radical (unpaired) electrons. The number of benzene rings is 2. The van der Waals surface area contributed by atoms with Gasteiger partial charge in [-0.15, -0.1) is 12.4 Å². The summed E-state index contributed by atoms with van der Waals surface area (Å²) in [5.74, 6) is 0.857. The lowest BCUT2D eigenvalue weighted by Crippen LogP contribution is -2.52. The second kappa shape index (κ2) is 8.96. The van der Waals surface area contributed by atoms with E-state index in [1.165, 1.54) is 5.56 Å². The summed E-state index contributed by atoms with van der Waals surface area (Å²) in [6, 6.07) is 16.5. The van der Waals surface area contributed by atoms with E-state index in [4.69, 9.17) is 4.74 Å². The van der Waals surface area contributed by atoms with E-state index in [1.807, 2.05) is 19.9 Å². The van der Waals surface area contributed by atoms with E-state index in [9.17, 15) is 5.11 Å². The van der Waals surface area contributed by atoms with Crippen LogP contribution in [0.3, 0.4) is 0 Å². The third-order valence-electron chi connectivity index (χ3n) is 5.27. The van der Waals surface area contributed by atoms with Gasteiger partial charge in [-0.2, -0.15) is 0 Å². The Kier molecular flexibility index (Phi) is 7.15. The van der Waals surface area contributed by atoms with Crippen LogP contribution in [0.2, 0.25) is 0 Å². The Labute approximate surface area is 169 Å². The van der Waals surface area contributed by atoms with Crippen LogP contribution in [-0.2, 0) is 6.42 Å². The Balaban J connectivity index is 0.00000261. The predicted octanol–water partition coefficient (Wildman–Crippen LogP) is 3.97. The minimum absolute atomic E-state index is 0. The summed E-state index contributed by atoms with van der Waals surface area (Å²) in [5.41, 5.74) is 2.81. The summed E-state index contributed by atoms with van der Waals surface area (Å²) in [4.78, 5) is 2.18. The van der Waals surface area contributed by atoms with E-state index in [0.717, 1.165) is 36.5 Å². The molecule has 2 N–H and O–H groups in total. The largest absolute Gasteiger partial charge is 0.485 e. The molecule has 2 aromatic carbocycles. The van der Waals surface area contributed by atoms with Gasteiger partial charge in [0.15, 0.2) is 0 Å². The van der Waals surface area contributed by atoms with Gasteiger partial charge in [0.2, 0.25) is 0 Å². The number of ether oxygens (including phenoxy) is 1. The number of fused-ring (bicyclic) bond motifs is 1. The Hall–Kier alpha value is -1.75. The molecule has 0 bridgehead atoms. The van der Waals surface area contributed by atoms with Crippen molar-refractivity contribution in [1.29, 1.82) is 0 Å². The van der Waals surface area contributed by atoms with Gasteiger partial charge in [-0.3, -0.25) is 0 Å². The van der Waals surface area contributed by atoms with Crippen molar-refractivity contribution >= 4 is 18.1 Å². The van der Waals surface area contributed by atoms with Crippen molar-refractivity contribution in [2.24, 2.45) is 0 Å². The van der Waals surface area contributed by atoms with Gasteiger partial charge in [-0.1, -0.05) is 36.4 Å². The predicted molar refractivity (Wildman–Crippen MR) is 114 cm³/mol. The van der Waals surface area contributed by atoms with Crippen molar-refractivity contribution in [3.05, 3.63) is 59.7 Å². The molecule has 0 amide bonds. The van der Waals surface area contributed by atoms with E-state index in [0.29, 0.717) is 0 Å². The van der Waals surface area contributed by atoms with Gasteiger partial charge in [0.25, 0.3) is 0 Å². The van der Waals surface area contributed by atoms with Crippen LogP contribution in [0.5, 0.6) is 5.75 Å². The number of nitrogens with one attached hydrogen (secondary N) is 1. The highest BCUT2D eigenvalue weighted by Gasteiger charge is 2.42. The summed E-state index contributed by atoms with van der Waals surface area (Å²) in [6.45, 7) is 7.76. The second-order valence-corrected chi connectivity index (χ2v) is 7.55. The fraction of sp³-hybridized carbons (Fsp3) is 0.455. The van der Waals surface area contributed by atoms with Crippen LogP contribution in [0.4, 0.5) is 5.69 Å². The molecule has 0 saturated carbocycles. The first-order chi connectivity index (χ1) is 12.4. The van der Waals surface area contributed by atoms with E-state index in [-0.39, 0.29) is 18.4 Å². The minimum Gasteiger partial charge on any atom is -0.485 e. The molecule has 1 aliphatic rings. The number of rotatable bonds is 6. The Morgan fingerprint density at radius 1 is 1.15 bits per heavy atom. The minimum atomic E-state index is -0.638. The average Bonchev–Trinajstić information content (AvgIpc) is 2.64. The van der Waals surface area contributed by atoms with Crippen molar-refractivity contribution in [3.63, 3.8) is 0 Å². The molecule has 4 nitrogen and oxygen atoms in total. The summed E-state index contributed by atoms with van der Waals surface area (Å²) in [5, 5.41) is 14.4. The van der Waals surface area contributed by atoms with E-state index >= 15 is 0 Å². The number of hydrogen-bond acceptors (Lipinski definition) is 4. The van der Waals surface area contributed by atoms with Crippen LogP contribution in [0.25, 0.3) is 0 Å². The maximum absolute atomic E-state index is 10.9. The van der Waals surface area contributed by atoms with Crippen molar-refractivity contribution in [1.82, 2.24) is 5.32 Å². The molecule has 0 saturated heterocycles. The summed E-state index contributed by atoms with van der Waals surface area (Å²) in [6.07, 6.45) is 0.317. The van der Waals surface area contributed by atoms with Crippen molar-refractivity contribution in [2.45, 2.75) is 44.9 Å². The lowest BCUT2D eigenvalue weighted by Gasteiger charge is -2.42. The molecule has 0 aromatic heterocycles. The molecule has 2 aromatic rings. The third-order valence-corrected chi connectivity index (χ3v) is 5.27. The van der Waals surface area contributed by atoms with E-state index in [2.05, 4.69) is 66.7 Å². The molecule has 0 unspecified atom stereocenters. The standard InChI is InChI=1S/C22H30N2O2.ClH/c1-5-24(4)17-11-12-18-19(15-17)26-22(2,3)21(25)20(18)23-14-13-16-9-7-6-8-10-16;/h6-12,15,20-21,23,25H,5,13-14H2,1-4H3;1H/t20-,21+;/m0./s1. The highest BCUT2D eigenvalue weighted by molar-refractivity contribution is 5.85. The summed E-state index contributed by atoms with van der Waals surface area (Å²) >= 11 is 0. The molecule has 148 valence electrons. The Morgan fingerprint density at radius 2 is 1.85 bits per heavy atom. The smallest absolute Gasteiger partial charge is 0.131 e. The van der Waals surface area contributed by atoms with Gasteiger partial charge in [-0.05, 0) is 45.4 Å². The van der Waals surface area contributed by atoms with Crippen LogP contribution < -0.4 is 15.0 Å². The monoisotopic (exact) mass is 390 g/mol. The number of hydrogen-bond donors (Lipinski definition) is 2. The van der Waals surface area contributed by atoms with Crippen LogP contribution in [0, 0.1) is 0 Å². The molecular formula is C22H31ClN2O2. The summed E-state index contributed by atoms with van der Waals surface area (Å²) in [7, 11) is 2.07. The van der Waals surface area contributed by atoms with Crippen LogP contribution >= 0.6 is 12.4 Å². The lowest BCUT2D eigenvalue weighted by molar-refractivity contribution is -0.0643. The molecule has 0 spiro atoms. The zero-order valence-electron chi connectivity index (χ0n) is 16.6. The molecule has 0 fully saturated rings. The maximum atomic E-state index is 10.9. The van der Waals surface area contributed by atoms with Gasteiger partial charge >= 0.3 is 0 Å². The van der Waals surface area contributed by atoms with Gasteiger partial charge in [0.05, 0.1) is 6.04 Å². The SMILES string of the molecule is CCN(C)c1ccc2c(c1)OC(C)(C)[C@H](O)[C@H]2NCCc1ccccc1.Cl. The van der Waals surface area contributed by atoms with Crippen molar-refractivity contribution < 1.29 is 9.84 Å². The number of nitrogens with zero attached hydrogens (tertiary/aromatic N) is 1. The van der Waals surface area contributed by atoms with Gasteiger partial charge in [0.1, 0.15) is 17.5 Å². The van der Waals surface area contributed by atoms with Crippen LogP contribution in [0.15, 0.2) is 48.5 Å². The molecular weight excluding hydrogens is 360 g/mol. The van der Waals surface area contributed by atoms with Crippen LogP contribution in [-0.4, -0.2) is 36.9 Å². The number of halogens is 1. The van der Waals surface area contributed by atoms with Crippen molar-refractivity contribution in [3.8, 4) is 5.75 Å². The Morgan fingerprint density at radius 3 is 2.52 bits per heavy atom. The molecule has 5 heteroatoms. The summed E-state index contributed by atoms with van der Waals surface area (Å²) < 4.78 is 6.15. The molecule has 2 atom stereocenters. The Bertz CT molecular complexity index is 736. The zero-order chi connectivity index (χ0) is 18.7. The topological polar surface area (TPSA) is 44.7 Å². The van der Waals surface area contributed by atoms with E-state index in [1.54, 1.807) is 0 Å². The molecule has 1 aliphatic heterocycles. The highest BCUT2D eigenvalue weighted by Crippen LogP contribution is 2.41. The first kappa shape index (κ1) is 21.5. The fourth-order valence-electron chi connectivity index (χ4n) is 3.44. The lowest BCUT2D eigenvalue weighted by atomic mass is 9.86. The first-order valence-corrected chi connectivity index (χ1v) is 9.42. The van der Waals surface area contributed by atoms with Gasteiger partial charge in [-0.25, -0.2) is 0 Å². The normalized spacial score (nSPS) is 20.2. The fourth-order valence-corrected chi connectivity index (χ4v) is 3.44. The number of anilines is 1. The second-order valence-electron chi connectivity index (χ2n) is 7.55. The number of aliphatic hydroxyl groups excluding tert-OH is 1. The average molecular weight is 391 g/mol. The van der Waals surface area contributed by atoms with Gasteiger partial charge in [0, 0.05) is 30.9 Å². The molecule has 3 rings (SSSR count). The van der Waals surface area contributed by atoms with Gasteiger partial charge < -0.3 is 20.1 Å². The first-order valence-electron chi connectivity index (χ1n) is 9.42.